The van der Waals surface area contributed by atoms with Gasteiger partial charge in [-0.25, -0.2) is 13.1 Å². The Morgan fingerprint density at radius 3 is 2.67 bits per heavy atom. The van der Waals surface area contributed by atoms with E-state index in [4.69, 9.17) is 0 Å². The Morgan fingerprint density at radius 1 is 1.28 bits per heavy atom. The third-order valence-electron chi connectivity index (χ3n) is 5.91. The van der Waals surface area contributed by atoms with Gasteiger partial charge in [-0.05, 0) is 49.8 Å². The zero-order chi connectivity index (χ0) is 26.3. The number of fused-ring (bicyclic) bond motifs is 1. The van der Waals surface area contributed by atoms with Gasteiger partial charge in [-0.2, -0.15) is 13.5 Å². The molecule has 11 nitrogen and oxygen atoms in total. The van der Waals surface area contributed by atoms with E-state index in [0.717, 1.165) is 37.2 Å². The Balaban J connectivity index is 1.81. The van der Waals surface area contributed by atoms with E-state index in [9.17, 15) is 26.7 Å². The highest BCUT2D eigenvalue weighted by molar-refractivity contribution is 7.92. The van der Waals surface area contributed by atoms with Crippen LogP contribution in [0.4, 0.5) is 11.4 Å². The first-order valence-corrected chi connectivity index (χ1v) is 14.9. The van der Waals surface area contributed by atoms with Crippen LogP contribution in [0.1, 0.15) is 50.8 Å². The lowest BCUT2D eigenvalue weighted by molar-refractivity contribution is 0.430. The van der Waals surface area contributed by atoms with E-state index in [1.807, 2.05) is 13.8 Å². The molecular formula is C23H29N5O6S2. The molecule has 2 heterocycles. The molecule has 0 atom stereocenters. The molecule has 0 unspecified atom stereocenters. The highest BCUT2D eigenvalue weighted by Gasteiger charge is 2.31. The predicted octanol–water partition coefficient (Wildman–Crippen LogP) is 2.58. The van der Waals surface area contributed by atoms with Gasteiger partial charge in [-0.3, -0.25) is 9.52 Å². The number of aromatic nitrogens is 2. The number of aromatic hydroxyl groups is 1. The van der Waals surface area contributed by atoms with E-state index in [1.165, 1.54) is 16.8 Å². The molecule has 2 aromatic rings. The number of hydrogen-bond donors (Lipinski definition) is 3. The van der Waals surface area contributed by atoms with Crippen LogP contribution < -0.4 is 15.6 Å². The first-order valence-electron chi connectivity index (χ1n) is 11.6. The van der Waals surface area contributed by atoms with Gasteiger partial charge in [0, 0.05) is 18.7 Å². The van der Waals surface area contributed by atoms with Gasteiger partial charge in [0.1, 0.15) is 16.2 Å². The van der Waals surface area contributed by atoms with Gasteiger partial charge in [0.2, 0.25) is 10.0 Å². The largest absolute Gasteiger partial charge is 0.505 e. The summed E-state index contributed by atoms with van der Waals surface area (Å²) in [6.45, 7) is 4.33. The zero-order valence-corrected chi connectivity index (χ0v) is 21.9. The van der Waals surface area contributed by atoms with Crippen molar-refractivity contribution in [1.82, 2.24) is 9.78 Å². The molecule has 0 saturated carbocycles. The van der Waals surface area contributed by atoms with Crippen molar-refractivity contribution in [2.75, 3.05) is 16.3 Å². The average molecular weight is 536 g/mol. The molecule has 13 heteroatoms. The van der Waals surface area contributed by atoms with Crippen molar-refractivity contribution in [3.05, 3.63) is 51.5 Å². The first kappa shape index (κ1) is 25.9. The molecule has 1 aromatic heterocycles. The van der Waals surface area contributed by atoms with Crippen molar-refractivity contribution in [2.45, 2.75) is 57.4 Å². The summed E-state index contributed by atoms with van der Waals surface area (Å²) >= 11 is 0. The van der Waals surface area contributed by atoms with Crippen LogP contribution in [-0.2, 0) is 33.0 Å². The number of aryl methyl sites for hydroxylation is 1. The Kier molecular flexibility index (Phi) is 6.97. The summed E-state index contributed by atoms with van der Waals surface area (Å²) in [4.78, 5) is 13.1. The summed E-state index contributed by atoms with van der Waals surface area (Å²) in [6.07, 6.45) is 6.86. The van der Waals surface area contributed by atoms with Gasteiger partial charge >= 0.3 is 0 Å². The van der Waals surface area contributed by atoms with Crippen molar-refractivity contribution in [3.63, 3.8) is 0 Å². The van der Waals surface area contributed by atoms with Gasteiger partial charge in [-0.1, -0.05) is 25.5 Å². The van der Waals surface area contributed by atoms with Gasteiger partial charge in [0.15, 0.2) is 11.6 Å². The van der Waals surface area contributed by atoms with Crippen LogP contribution in [0.2, 0.25) is 0 Å². The van der Waals surface area contributed by atoms with Crippen molar-refractivity contribution in [3.8, 4) is 5.75 Å². The normalized spacial score (nSPS) is 16.8. The summed E-state index contributed by atoms with van der Waals surface area (Å²) in [5, 5.41) is 18.3. The Labute approximate surface area is 210 Å². The van der Waals surface area contributed by atoms with Crippen LogP contribution in [0, 0.1) is 5.92 Å². The molecule has 4 rings (SSSR count). The minimum atomic E-state index is -4.33. The van der Waals surface area contributed by atoms with E-state index >= 15 is 0 Å². The number of benzene rings is 1. The van der Waals surface area contributed by atoms with Gasteiger partial charge in [0.05, 0.1) is 11.9 Å². The molecule has 0 saturated heterocycles. The maximum Gasteiger partial charge on any atom is 0.286 e. The highest BCUT2D eigenvalue weighted by Crippen LogP contribution is 2.33. The number of nitrogens with one attached hydrogen (secondary N) is 2. The summed E-state index contributed by atoms with van der Waals surface area (Å²) < 4.78 is 56.4. The first-order chi connectivity index (χ1) is 16.8. The van der Waals surface area contributed by atoms with Crippen LogP contribution in [0.25, 0.3) is 0 Å². The molecule has 2 aliphatic rings. The quantitative estimate of drug-likeness (QED) is 0.435. The fourth-order valence-electron chi connectivity index (χ4n) is 4.14. The maximum atomic E-state index is 13.4. The van der Waals surface area contributed by atoms with Gasteiger partial charge in [-0.15, -0.1) is 4.40 Å². The van der Waals surface area contributed by atoms with Crippen LogP contribution in [0.5, 0.6) is 5.75 Å². The van der Waals surface area contributed by atoms with Gasteiger partial charge in [0.25, 0.3) is 15.6 Å². The number of sulfonamides is 2. The summed E-state index contributed by atoms with van der Waals surface area (Å²) in [6, 6.07) is 3.90. The maximum absolute atomic E-state index is 13.4. The molecule has 1 aromatic carbocycles. The second-order valence-corrected chi connectivity index (χ2v) is 12.8. The number of hydrogen-bond acceptors (Lipinski definition) is 8. The number of allylic oxidation sites excluding steroid dienone is 2. The minimum absolute atomic E-state index is 0.0511. The van der Waals surface area contributed by atoms with E-state index in [0.29, 0.717) is 25.3 Å². The average Bonchev–Trinajstić information content (AvgIpc) is 3.27. The minimum Gasteiger partial charge on any atom is -0.505 e. The Morgan fingerprint density at radius 2 is 2.03 bits per heavy atom. The number of rotatable bonds is 8. The number of nitrogens with zero attached hydrogens (tertiary/aromatic N) is 3. The fraction of sp³-hybridized carbons (Fsp3) is 0.435. The monoisotopic (exact) mass is 535 g/mol. The van der Waals surface area contributed by atoms with Crippen molar-refractivity contribution in [1.29, 1.82) is 0 Å². The second kappa shape index (κ2) is 9.69. The number of anilines is 2. The SMILES string of the molecule is CC(C)CCn1nc(CC2=CCCC2)c(O)c(C2=NS(=O)(=O)c3cc(NS(C)(=O)=O)ccc3N2)c1=O. The Bertz CT molecular complexity index is 1540. The molecule has 3 N–H and O–H groups in total. The summed E-state index contributed by atoms with van der Waals surface area (Å²) in [7, 11) is -7.95. The topological polar surface area (TPSA) is 160 Å². The molecule has 0 bridgehead atoms. The van der Waals surface area contributed by atoms with Crippen molar-refractivity contribution in [2.24, 2.45) is 10.3 Å². The van der Waals surface area contributed by atoms with E-state index in [-0.39, 0.29) is 33.4 Å². The molecule has 0 fully saturated rings. The smallest absolute Gasteiger partial charge is 0.286 e. The fourth-order valence-corrected chi connectivity index (χ4v) is 5.84. The van der Waals surface area contributed by atoms with Gasteiger partial charge < -0.3 is 10.4 Å². The molecular weight excluding hydrogens is 506 g/mol. The molecule has 1 aliphatic heterocycles. The van der Waals surface area contributed by atoms with Crippen LogP contribution >= 0.6 is 0 Å². The molecule has 36 heavy (non-hydrogen) atoms. The van der Waals surface area contributed by atoms with Crippen LogP contribution in [-0.4, -0.2) is 43.8 Å². The molecule has 194 valence electrons. The number of amidine groups is 1. The molecule has 0 amide bonds. The van der Waals surface area contributed by atoms with Crippen LogP contribution in [0.15, 0.2) is 43.9 Å². The second-order valence-electron chi connectivity index (χ2n) is 9.44. The van der Waals surface area contributed by atoms with E-state index in [2.05, 4.69) is 25.6 Å². The third-order valence-corrected chi connectivity index (χ3v) is 7.83. The standard InChI is InChI=1S/C23H29N5O6S2/c1-14(2)10-11-28-23(30)20(21(29)18(25-28)12-15-6-4-5-7-15)22-24-17-9-8-16(26-35(3,31)32)13-19(17)36(33,34)27-22/h6,8-9,13-14,26,29H,4-5,7,10-12H2,1-3H3,(H,24,27). The predicted molar refractivity (Wildman–Crippen MR) is 138 cm³/mol. The lowest BCUT2D eigenvalue weighted by Gasteiger charge is -2.21. The van der Waals surface area contributed by atoms with E-state index < -0.39 is 31.4 Å². The lowest BCUT2D eigenvalue weighted by Crippen LogP contribution is -2.35. The Hall–Kier alpha value is -3.19. The van der Waals surface area contributed by atoms with Crippen molar-refractivity contribution >= 4 is 37.3 Å². The lowest BCUT2D eigenvalue weighted by atomic mass is 10.1. The summed E-state index contributed by atoms with van der Waals surface area (Å²) in [5.74, 6) is -0.422. The van der Waals surface area contributed by atoms with Crippen LogP contribution in [0.3, 0.4) is 0 Å². The van der Waals surface area contributed by atoms with E-state index in [1.54, 1.807) is 0 Å². The third kappa shape index (κ3) is 5.62. The molecule has 1 aliphatic carbocycles. The molecule has 0 radical (unpaired) electrons. The zero-order valence-electron chi connectivity index (χ0n) is 20.3. The highest BCUT2D eigenvalue weighted by atomic mass is 32.2. The summed E-state index contributed by atoms with van der Waals surface area (Å²) in [5.41, 5.74) is 0.605. The van der Waals surface area contributed by atoms with Crippen molar-refractivity contribution < 1.29 is 21.9 Å². The molecule has 0 spiro atoms.